The number of aromatic nitrogens is 2. The van der Waals surface area contributed by atoms with Crippen LogP contribution in [0.4, 0.5) is 0 Å². The summed E-state index contributed by atoms with van der Waals surface area (Å²) in [6, 6.07) is 6.56. The maximum Gasteiger partial charge on any atom is 0.290 e. The number of fused-ring (bicyclic) bond motifs is 1. The van der Waals surface area contributed by atoms with E-state index in [-0.39, 0.29) is 35.1 Å². The topological polar surface area (TPSA) is 127 Å². The predicted octanol–water partition coefficient (Wildman–Crippen LogP) is -0.481. The van der Waals surface area contributed by atoms with Crippen LogP contribution in [-0.4, -0.2) is 41.5 Å². The highest BCUT2D eigenvalue weighted by Crippen LogP contribution is 2.21. The fraction of sp³-hybridized carbons (Fsp3) is 0.375. The monoisotopic (exact) mass is 378 g/mol. The molecule has 1 aromatic carbocycles. The van der Waals surface area contributed by atoms with Crippen molar-refractivity contribution in [1.82, 2.24) is 20.6 Å². The van der Waals surface area contributed by atoms with Crippen molar-refractivity contribution in [1.29, 1.82) is 0 Å². The molecule has 1 saturated heterocycles. The van der Waals surface area contributed by atoms with Crippen molar-refractivity contribution >= 4 is 32.4 Å². The summed E-state index contributed by atoms with van der Waals surface area (Å²) >= 11 is 0. The van der Waals surface area contributed by atoms with E-state index in [1.54, 1.807) is 24.3 Å². The first-order valence-electron chi connectivity index (χ1n) is 8.02. The molecule has 2 amide bonds. The molecule has 1 fully saturated rings. The molecule has 9 nitrogen and oxygen atoms in total. The number of hydrogen-bond acceptors (Lipinski definition) is 6. The molecule has 26 heavy (non-hydrogen) atoms. The molecule has 2 heterocycles. The summed E-state index contributed by atoms with van der Waals surface area (Å²) in [6.07, 6.45) is 0.456. The van der Waals surface area contributed by atoms with Gasteiger partial charge in [0, 0.05) is 18.9 Å². The second kappa shape index (κ2) is 6.87. The lowest BCUT2D eigenvalue weighted by Crippen LogP contribution is -2.43. The summed E-state index contributed by atoms with van der Waals surface area (Å²) in [5, 5.41) is 4.69. The van der Waals surface area contributed by atoms with Gasteiger partial charge in [-0.1, -0.05) is 18.2 Å². The van der Waals surface area contributed by atoms with Gasteiger partial charge in [0.25, 0.3) is 11.5 Å². The maximum absolute atomic E-state index is 12.4. The van der Waals surface area contributed by atoms with Gasteiger partial charge < -0.3 is 0 Å². The number of sulfone groups is 1. The molecule has 1 atom stereocenters. The van der Waals surface area contributed by atoms with Crippen LogP contribution >= 0.6 is 0 Å². The Labute approximate surface area is 149 Å². The highest BCUT2D eigenvalue weighted by Gasteiger charge is 2.29. The molecule has 2 N–H and O–H groups in total. The normalized spacial score (nSPS) is 18.6. The summed E-state index contributed by atoms with van der Waals surface area (Å²) in [7, 11) is -1.62. The highest BCUT2D eigenvalue weighted by atomic mass is 32.2. The number of nitrogens with zero attached hydrogens (tertiary/aromatic N) is 2. The van der Waals surface area contributed by atoms with Crippen molar-refractivity contribution < 1.29 is 18.0 Å². The molecule has 0 saturated carbocycles. The average Bonchev–Trinajstić information content (AvgIpc) is 2.94. The minimum absolute atomic E-state index is 0.00597. The van der Waals surface area contributed by atoms with Crippen LogP contribution in [0.5, 0.6) is 0 Å². The number of hydrazine groups is 1. The maximum atomic E-state index is 12.4. The van der Waals surface area contributed by atoms with Crippen LogP contribution in [0.2, 0.25) is 0 Å². The lowest BCUT2D eigenvalue weighted by molar-refractivity contribution is -0.122. The minimum Gasteiger partial charge on any atom is -0.273 e. The smallest absolute Gasteiger partial charge is 0.273 e. The van der Waals surface area contributed by atoms with E-state index in [2.05, 4.69) is 16.0 Å². The second-order valence-corrected chi connectivity index (χ2v) is 8.53. The summed E-state index contributed by atoms with van der Waals surface area (Å²) in [6.45, 7) is 0. The molecule has 3 rings (SSSR count). The first-order chi connectivity index (χ1) is 12.3. The third-order valence-electron chi connectivity index (χ3n) is 4.29. The fourth-order valence-electron chi connectivity index (χ4n) is 3.00. The van der Waals surface area contributed by atoms with Crippen molar-refractivity contribution in [3.05, 3.63) is 40.3 Å². The van der Waals surface area contributed by atoms with Crippen molar-refractivity contribution in [2.75, 3.05) is 11.5 Å². The number of carbonyl (C=O) groups is 2. The summed E-state index contributed by atoms with van der Waals surface area (Å²) in [5.41, 5.74) is 4.22. The highest BCUT2D eigenvalue weighted by molar-refractivity contribution is 7.91. The zero-order chi connectivity index (χ0) is 18.9. The third kappa shape index (κ3) is 3.74. The van der Waals surface area contributed by atoms with E-state index in [9.17, 15) is 22.8 Å². The van der Waals surface area contributed by atoms with E-state index < -0.39 is 21.7 Å². The molecule has 138 valence electrons. The minimum atomic E-state index is -3.06. The molecule has 1 unspecified atom stereocenters. The van der Waals surface area contributed by atoms with Crippen LogP contribution in [0.15, 0.2) is 29.1 Å². The van der Waals surface area contributed by atoms with Crippen LogP contribution in [0.25, 0.3) is 10.8 Å². The zero-order valence-corrected chi connectivity index (χ0v) is 14.9. The number of benzene rings is 1. The molecule has 0 radical (unpaired) electrons. The number of nitrogens with one attached hydrogen (secondary N) is 2. The van der Waals surface area contributed by atoms with Gasteiger partial charge in [0.15, 0.2) is 15.5 Å². The van der Waals surface area contributed by atoms with Crippen LogP contribution in [0.3, 0.4) is 0 Å². The first-order valence-corrected chi connectivity index (χ1v) is 9.84. The number of carbonyl (C=O) groups excluding carboxylic acids is 2. The van der Waals surface area contributed by atoms with Gasteiger partial charge in [-0.05, 0) is 18.4 Å². The first kappa shape index (κ1) is 18.1. The summed E-state index contributed by atoms with van der Waals surface area (Å²) < 4.78 is 23.9. The number of aryl methyl sites for hydroxylation is 1. The summed E-state index contributed by atoms with van der Waals surface area (Å²) in [5.74, 6) is -1.31. The van der Waals surface area contributed by atoms with Crippen LogP contribution in [-0.2, 0) is 21.7 Å². The number of rotatable bonds is 3. The SMILES string of the molecule is Cn1nc(C(=O)NNC(=O)CC2CCS(=O)(=O)C2)c2ccccc2c1=O. The number of hydrogen-bond donors (Lipinski definition) is 2. The van der Waals surface area contributed by atoms with E-state index in [4.69, 9.17) is 0 Å². The van der Waals surface area contributed by atoms with Crippen LogP contribution in [0, 0.1) is 5.92 Å². The Hall–Kier alpha value is -2.75. The van der Waals surface area contributed by atoms with Crippen molar-refractivity contribution in [2.24, 2.45) is 13.0 Å². The molecule has 2 aromatic rings. The molecule has 0 spiro atoms. The van der Waals surface area contributed by atoms with Gasteiger partial charge in [0.1, 0.15) is 0 Å². The molecule has 1 aliphatic heterocycles. The summed E-state index contributed by atoms with van der Waals surface area (Å²) in [4.78, 5) is 36.4. The van der Waals surface area contributed by atoms with Gasteiger partial charge in [-0.25, -0.2) is 13.1 Å². The van der Waals surface area contributed by atoms with Gasteiger partial charge in [-0.3, -0.25) is 25.2 Å². The van der Waals surface area contributed by atoms with Crippen LogP contribution < -0.4 is 16.4 Å². The zero-order valence-electron chi connectivity index (χ0n) is 14.1. The number of amides is 2. The Bertz CT molecular complexity index is 1040. The van der Waals surface area contributed by atoms with E-state index in [1.807, 2.05) is 0 Å². The predicted molar refractivity (Wildman–Crippen MR) is 94.0 cm³/mol. The van der Waals surface area contributed by atoms with Crippen molar-refractivity contribution in [2.45, 2.75) is 12.8 Å². The van der Waals surface area contributed by atoms with Gasteiger partial charge in [0.2, 0.25) is 5.91 Å². The Balaban J connectivity index is 1.69. The lowest BCUT2D eigenvalue weighted by atomic mass is 10.1. The Morgan fingerprint density at radius 1 is 1.23 bits per heavy atom. The van der Waals surface area contributed by atoms with Gasteiger partial charge >= 0.3 is 0 Å². The third-order valence-corrected chi connectivity index (χ3v) is 6.12. The molecular weight excluding hydrogens is 360 g/mol. The van der Waals surface area contributed by atoms with E-state index >= 15 is 0 Å². The molecule has 1 aromatic heterocycles. The van der Waals surface area contributed by atoms with E-state index in [0.717, 1.165) is 4.68 Å². The van der Waals surface area contributed by atoms with E-state index in [1.165, 1.54) is 7.05 Å². The fourth-order valence-corrected chi connectivity index (χ4v) is 4.86. The van der Waals surface area contributed by atoms with Gasteiger partial charge in [-0.15, -0.1) is 0 Å². The van der Waals surface area contributed by atoms with Crippen molar-refractivity contribution in [3.8, 4) is 0 Å². The second-order valence-electron chi connectivity index (χ2n) is 6.30. The molecule has 10 heteroatoms. The van der Waals surface area contributed by atoms with E-state index in [0.29, 0.717) is 17.2 Å². The average molecular weight is 378 g/mol. The molecule has 0 aliphatic carbocycles. The van der Waals surface area contributed by atoms with Gasteiger partial charge in [0.05, 0.1) is 16.9 Å². The Morgan fingerprint density at radius 2 is 1.92 bits per heavy atom. The van der Waals surface area contributed by atoms with Crippen molar-refractivity contribution in [3.63, 3.8) is 0 Å². The quantitative estimate of drug-likeness (QED) is 0.695. The molecule has 0 bridgehead atoms. The Kier molecular flexibility index (Phi) is 4.77. The largest absolute Gasteiger partial charge is 0.290 e. The van der Waals surface area contributed by atoms with Gasteiger partial charge in [-0.2, -0.15) is 5.10 Å². The van der Waals surface area contributed by atoms with Crippen LogP contribution in [0.1, 0.15) is 23.3 Å². The molecular formula is C16H18N4O5S. The molecule has 1 aliphatic rings. The Morgan fingerprint density at radius 3 is 2.58 bits per heavy atom. The standard InChI is InChI=1S/C16H18N4O5S/c1-20-16(23)12-5-3-2-4-11(12)14(19-20)15(22)18-17-13(21)8-10-6-7-26(24,25)9-10/h2-5,10H,6-9H2,1H3,(H,17,21)(H,18,22). The lowest BCUT2D eigenvalue weighted by Gasteiger charge is -2.11.